The molecule has 3 atom stereocenters. The summed E-state index contributed by atoms with van der Waals surface area (Å²) in [4.78, 5) is 40.2. The van der Waals surface area contributed by atoms with Gasteiger partial charge in [-0.3, -0.25) is 14.4 Å². The number of halogens is 1. The van der Waals surface area contributed by atoms with Gasteiger partial charge >= 0.3 is 0 Å². The molecule has 10 heteroatoms. The van der Waals surface area contributed by atoms with E-state index in [0.29, 0.717) is 44.8 Å². The van der Waals surface area contributed by atoms with Gasteiger partial charge in [0.1, 0.15) is 18.5 Å². The van der Waals surface area contributed by atoms with Crippen LogP contribution in [-0.2, 0) is 16.1 Å². The molecule has 0 aromatic heterocycles. The van der Waals surface area contributed by atoms with Crippen molar-refractivity contribution in [3.05, 3.63) is 68.3 Å². The van der Waals surface area contributed by atoms with Gasteiger partial charge in [-0.15, -0.1) is 0 Å². The van der Waals surface area contributed by atoms with Crippen LogP contribution < -0.4 is 14.8 Å². The summed E-state index contributed by atoms with van der Waals surface area (Å²) in [5.74, 6) is 0.691. The van der Waals surface area contributed by atoms with Crippen LogP contribution in [0.2, 0.25) is 0 Å². The summed E-state index contributed by atoms with van der Waals surface area (Å²) in [6, 6.07) is 10.4. The number of hydrogen-bond donors (Lipinski definition) is 3. The molecule has 0 radical (unpaired) electrons. The van der Waals surface area contributed by atoms with Crippen molar-refractivity contribution in [2.24, 2.45) is 5.92 Å². The molecule has 2 aromatic carbocycles. The average molecular weight is 705 g/mol. The third-order valence-corrected chi connectivity index (χ3v) is 9.09. The van der Waals surface area contributed by atoms with Crippen LogP contribution in [0.4, 0.5) is 0 Å². The number of carbonyl (C=O) groups excluding carboxylic acids is 3. The van der Waals surface area contributed by atoms with Crippen molar-refractivity contribution in [2.75, 3.05) is 20.3 Å². The lowest BCUT2D eigenvalue weighted by molar-refractivity contribution is -0.139. The molecule has 3 N–H and O–H groups in total. The molecule has 9 nitrogen and oxygen atoms in total. The molecular formula is C33H41IN2O7. The molecule has 0 bridgehead atoms. The number of hydrogen-bond acceptors (Lipinski definition) is 7. The van der Waals surface area contributed by atoms with Gasteiger partial charge in [0.15, 0.2) is 11.5 Å². The first-order chi connectivity index (χ1) is 20.7. The fourth-order valence-electron chi connectivity index (χ4n) is 5.89. The Morgan fingerprint density at radius 2 is 1.88 bits per heavy atom. The molecule has 43 heavy (non-hydrogen) atoms. The third-order valence-electron chi connectivity index (χ3n) is 8.29. The zero-order chi connectivity index (χ0) is 30.9. The highest BCUT2D eigenvalue weighted by molar-refractivity contribution is 14.1. The van der Waals surface area contributed by atoms with E-state index in [0.717, 1.165) is 30.4 Å². The Balaban J connectivity index is 1.69. The monoisotopic (exact) mass is 704 g/mol. The Bertz CT molecular complexity index is 1310. The molecule has 0 spiro atoms. The van der Waals surface area contributed by atoms with Crippen molar-refractivity contribution in [1.29, 1.82) is 0 Å². The van der Waals surface area contributed by atoms with Gasteiger partial charge in [0.2, 0.25) is 11.8 Å². The number of nitrogens with zero attached hydrogens (tertiary/aromatic N) is 1. The zero-order valence-corrected chi connectivity index (χ0v) is 26.9. The van der Waals surface area contributed by atoms with E-state index in [1.54, 1.807) is 23.1 Å². The number of aldehydes is 1. The summed E-state index contributed by atoms with van der Waals surface area (Å²) < 4.78 is 12.4. The van der Waals surface area contributed by atoms with Crippen molar-refractivity contribution >= 4 is 40.7 Å². The van der Waals surface area contributed by atoms with E-state index in [2.05, 4.69) is 5.32 Å². The standard InChI is InChI=1S/C33H41IN2O7/c1-21-7-9-23(10-8-21)19-36(30(39)12-11-22-5-3-4-6-22)27-17-25(33(41)35-13-14-37)18-28(31(27)40)43-32-26(34)15-24(20-38)16-29(32)42-2/h7-10,15-16,18,20,22,27-28,31,37,40H,3-6,11-14,17,19H2,1-2H3,(H,35,41)/t27-,28+,31+/m1/s1. The van der Waals surface area contributed by atoms with Gasteiger partial charge in [-0.1, -0.05) is 55.5 Å². The summed E-state index contributed by atoms with van der Waals surface area (Å²) in [5, 5.41) is 23.8. The van der Waals surface area contributed by atoms with Crippen LogP contribution in [0.3, 0.4) is 0 Å². The smallest absolute Gasteiger partial charge is 0.247 e. The van der Waals surface area contributed by atoms with Gasteiger partial charge in [0.25, 0.3) is 0 Å². The Labute approximate surface area is 266 Å². The summed E-state index contributed by atoms with van der Waals surface area (Å²) in [7, 11) is 1.46. The fraction of sp³-hybridized carbons (Fsp3) is 0.485. The van der Waals surface area contributed by atoms with Crippen molar-refractivity contribution in [2.45, 2.75) is 76.7 Å². The van der Waals surface area contributed by atoms with Gasteiger partial charge in [-0.05, 0) is 65.6 Å². The SMILES string of the molecule is COc1cc(C=O)cc(I)c1O[C@H]1C=C(C(=O)NCCO)C[C@@H](N(Cc2ccc(C)cc2)C(=O)CCC2CCCC2)[C@@H]1O. The molecule has 0 unspecified atom stereocenters. The number of aryl methyl sites for hydroxylation is 1. The largest absolute Gasteiger partial charge is 0.493 e. The highest BCUT2D eigenvalue weighted by Crippen LogP contribution is 2.37. The van der Waals surface area contributed by atoms with E-state index in [1.807, 2.05) is 53.8 Å². The van der Waals surface area contributed by atoms with Gasteiger partial charge < -0.3 is 29.9 Å². The Hall–Kier alpha value is -2.96. The van der Waals surface area contributed by atoms with Crippen molar-refractivity contribution in [1.82, 2.24) is 10.2 Å². The maximum Gasteiger partial charge on any atom is 0.247 e. The molecule has 2 aliphatic rings. The predicted molar refractivity (Wildman–Crippen MR) is 171 cm³/mol. The van der Waals surface area contributed by atoms with E-state index in [9.17, 15) is 24.6 Å². The van der Waals surface area contributed by atoms with Crippen LogP contribution in [0.5, 0.6) is 11.5 Å². The Kier molecular flexibility index (Phi) is 12.0. The number of methoxy groups -OCH3 is 1. The van der Waals surface area contributed by atoms with Gasteiger partial charge in [-0.25, -0.2) is 0 Å². The van der Waals surface area contributed by atoms with Crippen LogP contribution in [0, 0.1) is 16.4 Å². The summed E-state index contributed by atoms with van der Waals surface area (Å²) in [6.45, 7) is 2.13. The number of carbonyl (C=O) groups is 3. The number of ether oxygens (including phenoxy) is 2. The molecule has 232 valence electrons. The minimum Gasteiger partial charge on any atom is -0.493 e. The topological polar surface area (TPSA) is 125 Å². The number of aliphatic hydroxyl groups excluding tert-OH is 2. The number of rotatable bonds is 13. The van der Waals surface area contributed by atoms with Crippen LogP contribution >= 0.6 is 22.6 Å². The van der Waals surface area contributed by atoms with Crippen LogP contribution in [0.25, 0.3) is 0 Å². The molecule has 2 aliphatic carbocycles. The van der Waals surface area contributed by atoms with Gasteiger partial charge in [-0.2, -0.15) is 0 Å². The molecular weight excluding hydrogens is 663 g/mol. The van der Waals surface area contributed by atoms with Crippen molar-refractivity contribution < 1.29 is 34.1 Å². The summed E-state index contributed by atoms with van der Waals surface area (Å²) in [6.07, 6.45) is 6.06. The number of nitrogens with one attached hydrogen (secondary N) is 1. The minimum absolute atomic E-state index is 0.0706. The lowest BCUT2D eigenvalue weighted by Crippen LogP contribution is -2.54. The highest BCUT2D eigenvalue weighted by Gasteiger charge is 2.41. The second-order valence-corrected chi connectivity index (χ2v) is 12.5. The minimum atomic E-state index is -1.17. The van der Waals surface area contributed by atoms with Crippen LogP contribution in [0.1, 0.15) is 66.4 Å². The second kappa shape index (κ2) is 15.7. The van der Waals surface area contributed by atoms with Crippen molar-refractivity contribution in [3.8, 4) is 11.5 Å². The quantitative estimate of drug-likeness (QED) is 0.210. The molecule has 1 fully saturated rings. The van der Waals surface area contributed by atoms with E-state index in [-0.39, 0.29) is 32.0 Å². The normalized spacial score (nSPS) is 20.3. The van der Waals surface area contributed by atoms with E-state index in [4.69, 9.17) is 9.47 Å². The molecule has 0 aliphatic heterocycles. The summed E-state index contributed by atoms with van der Waals surface area (Å²) in [5.41, 5.74) is 2.78. The number of amides is 2. The second-order valence-electron chi connectivity index (χ2n) is 11.4. The molecule has 2 aromatic rings. The van der Waals surface area contributed by atoms with E-state index >= 15 is 0 Å². The third kappa shape index (κ3) is 8.57. The van der Waals surface area contributed by atoms with E-state index in [1.165, 1.54) is 20.0 Å². The van der Waals surface area contributed by atoms with Crippen LogP contribution in [-0.4, -0.2) is 71.7 Å². The first-order valence-corrected chi connectivity index (χ1v) is 15.9. The average Bonchev–Trinajstić information content (AvgIpc) is 3.54. The number of benzene rings is 2. The van der Waals surface area contributed by atoms with Gasteiger partial charge in [0.05, 0.1) is 23.3 Å². The molecule has 2 amide bonds. The molecule has 4 rings (SSSR count). The first kappa shape index (κ1) is 32.9. The predicted octanol–water partition coefficient (Wildman–Crippen LogP) is 4.34. The maximum atomic E-state index is 13.9. The Morgan fingerprint density at radius 1 is 1.16 bits per heavy atom. The fourth-order valence-corrected chi connectivity index (χ4v) is 6.64. The van der Waals surface area contributed by atoms with Gasteiger partial charge in [0, 0.05) is 37.1 Å². The lowest BCUT2D eigenvalue weighted by Gasteiger charge is -2.41. The maximum absolute atomic E-state index is 13.9. The lowest BCUT2D eigenvalue weighted by atomic mass is 9.87. The zero-order valence-electron chi connectivity index (χ0n) is 24.8. The van der Waals surface area contributed by atoms with E-state index < -0.39 is 24.2 Å². The van der Waals surface area contributed by atoms with Crippen molar-refractivity contribution in [3.63, 3.8) is 0 Å². The molecule has 0 saturated heterocycles. The molecule has 0 heterocycles. The van der Waals surface area contributed by atoms with Crippen LogP contribution in [0.15, 0.2) is 48.0 Å². The molecule has 1 saturated carbocycles. The Morgan fingerprint density at radius 3 is 2.53 bits per heavy atom. The summed E-state index contributed by atoms with van der Waals surface area (Å²) >= 11 is 2.04. The highest BCUT2D eigenvalue weighted by atomic mass is 127. The number of aliphatic hydroxyl groups is 2. The first-order valence-electron chi connectivity index (χ1n) is 14.9.